The normalized spacial score (nSPS) is 29.6. The average molecular weight is 424 g/mol. The highest BCUT2D eigenvalue weighted by molar-refractivity contribution is 7.87. The van der Waals surface area contributed by atoms with E-state index in [4.69, 9.17) is 32.7 Å². The van der Waals surface area contributed by atoms with E-state index in [1.165, 1.54) is 6.20 Å². The number of rotatable bonds is 4. The van der Waals surface area contributed by atoms with Crippen LogP contribution in [0.15, 0.2) is 6.20 Å². The number of hydrogen-bond acceptors (Lipinski definition) is 8. The Kier molecular flexibility index (Phi) is 5.03. The SMILES string of the molecule is O=S(=O)(OC1COC2C(Nc3nc(Cl)ncc3Cl)COC12)C(F)(F)F. The molecule has 0 radical (unpaired) electrons. The summed E-state index contributed by atoms with van der Waals surface area (Å²) in [7, 11) is -5.75. The van der Waals surface area contributed by atoms with Crippen LogP contribution in [0.2, 0.25) is 10.3 Å². The van der Waals surface area contributed by atoms with Crippen molar-refractivity contribution in [3.63, 3.8) is 0 Å². The smallest absolute Gasteiger partial charge is 0.370 e. The van der Waals surface area contributed by atoms with Gasteiger partial charge in [0.25, 0.3) is 0 Å². The zero-order valence-electron chi connectivity index (χ0n) is 12.0. The zero-order valence-corrected chi connectivity index (χ0v) is 14.4. The van der Waals surface area contributed by atoms with E-state index in [-0.39, 0.29) is 29.3 Å². The lowest BCUT2D eigenvalue weighted by Crippen LogP contribution is -2.39. The molecule has 2 fully saturated rings. The van der Waals surface area contributed by atoms with E-state index in [1.54, 1.807) is 0 Å². The first-order chi connectivity index (χ1) is 11.6. The van der Waals surface area contributed by atoms with Gasteiger partial charge in [0.15, 0.2) is 0 Å². The second kappa shape index (κ2) is 6.67. The number of alkyl halides is 3. The molecule has 0 bridgehead atoms. The van der Waals surface area contributed by atoms with Gasteiger partial charge < -0.3 is 14.8 Å². The molecule has 2 aliphatic heterocycles. The van der Waals surface area contributed by atoms with Gasteiger partial charge in [0, 0.05) is 0 Å². The average Bonchev–Trinajstić information content (AvgIpc) is 3.06. The van der Waals surface area contributed by atoms with Crippen molar-refractivity contribution in [2.24, 2.45) is 0 Å². The van der Waals surface area contributed by atoms with Crippen LogP contribution in [0.3, 0.4) is 0 Å². The maximum absolute atomic E-state index is 12.4. The van der Waals surface area contributed by atoms with Crippen molar-refractivity contribution < 1.29 is 35.2 Å². The summed E-state index contributed by atoms with van der Waals surface area (Å²) in [5, 5.41) is 2.99. The van der Waals surface area contributed by atoms with Gasteiger partial charge >= 0.3 is 15.6 Å². The van der Waals surface area contributed by atoms with E-state index in [0.717, 1.165) is 0 Å². The van der Waals surface area contributed by atoms with Crippen molar-refractivity contribution in [3.05, 3.63) is 16.5 Å². The molecule has 2 saturated heterocycles. The Morgan fingerprint density at radius 3 is 2.60 bits per heavy atom. The van der Waals surface area contributed by atoms with Crippen LogP contribution < -0.4 is 5.32 Å². The lowest BCUT2D eigenvalue weighted by molar-refractivity contribution is -0.0623. The third-order valence-corrected chi connectivity index (χ3v) is 5.10. The molecular weight excluding hydrogens is 414 g/mol. The van der Waals surface area contributed by atoms with Crippen molar-refractivity contribution >= 4 is 39.1 Å². The van der Waals surface area contributed by atoms with Gasteiger partial charge in [-0.1, -0.05) is 11.6 Å². The molecule has 1 aromatic heterocycles. The van der Waals surface area contributed by atoms with Gasteiger partial charge in [-0.05, 0) is 11.6 Å². The Morgan fingerprint density at radius 2 is 1.92 bits per heavy atom. The number of aromatic nitrogens is 2. The minimum absolute atomic E-state index is 0.0131. The van der Waals surface area contributed by atoms with E-state index in [2.05, 4.69) is 19.5 Å². The molecular formula is C11H10Cl2F3N3O5S. The number of hydrogen-bond donors (Lipinski definition) is 1. The molecule has 4 atom stereocenters. The summed E-state index contributed by atoms with van der Waals surface area (Å²) in [4.78, 5) is 7.57. The van der Waals surface area contributed by atoms with Gasteiger partial charge in [-0.15, -0.1) is 0 Å². The summed E-state index contributed by atoms with van der Waals surface area (Å²) in [5.74, 6) is 0.187. The first kappa shape index (κ1) is 18.9. The third kappa shape index (κ3) is 3.78. The van der Waals surface area contributed by atoms with Crippen molar-refractivity contribution in [2.75, 3.05) is 18.5 Å². The topological polar surface area (TPSA) is 99.6 Å². The van der Waals surface area contributed by atoms with Gasteiger partial charge in [-0.25, -0.2) is 4.98 Å². The predicted octanol–water partition coefficient (Wildman–Crippen LogP) is 1.60. The van der Waals surface area contributed by atoms with E-state index in [9.17, 15) is 21.6 Å². The molecule has 3 heterocycles. The predicted molar refractivity (Wildman–Crippen MR) is 78.8 cm³/mol. The second-order valence-electron chi connectivity index (χ2n) is 5.22. The monoisotopic (exact) mass is 423 g/mol. The molecule has 1 aromatic rings. The zero-order chi connectivity index (χ0) is 18.4. The minimum atomic E-state index is -5.75. The molecule has 8 nitrogen and oxygen atoms in total. The summed E-state index contributed by atoms with van der Waals surface area (Å²) in [5.41, 5.74) is -5.52. The number of nitrogens with zero attached hydrogens (tertiary/aromatic N) is 2. The second-order valence-corrected chi connectivity index (χ2v) is 7.53. The number of halogens is 5. The Hall–Kier alpha value is -0.920. The highest BCUT2D eigenvalue weighted by Gasteiger charge is 2.55. The third-order valence-electron chi connectivity index (χ3n) is 3.58. The number of nitrogens with one attached hydrogen (secondary N) is 1. The molecule has 3 rings (SSSR count). The lowest BCUT2D eigenvalue weighted by atomic mass is 10.1. The van der Waals surface area contributed by atoms with Crippen molar-refractivity contribution in [1.82, 2.24) is 9.97 Å². The fraction of sp³-hybridized carbons (Fsp3) is 0.636. The molecule has 0 spiro atoms. The standard InChI is InChI=1S/C11H10Cl2F3N3O5S/c12-4-1-17-10(13)19-9(4)18-5-2-22-8-6(3-23-7(5)8)24-25(20,21)11(14,15)16/h1,5-8H,2-3H2,(H,17,18,19). The molecule has 1 N–H and O–H groups in total. The number of ether oxygens (including phenoxy) is 2. The van der Waals surface area contributed by atoms with Crippen LogP contribution >= 0.6 is 23.2 Å². The fourth-order valence-corrected chi connectivity index (χ4v) is 3.39. The van der Waals surface area contributed by atoms with Crippen LogP contribution in [0.5, 0.6) is 0 Å². The van der Waals surface area contributed by atoms with Gasteiger partial charge in [-0.3, -0.25) is 4.18 Å². The first-order valence-electron chi connectivity index (χ1n) is 6.76. The van der Waals surface area contributed by atoms with Crippen LogP contribution in [0, 0.1) is 0 Å². The van der Waals surface area contributed by atoms with Crippen LogP contribution in [-0.4, -0.2) is 61.5 Å². The van der Waals surface area contributed by atoms with Crippen molar-refractivity contribution in [3.8, 4) is 0 Å². The molecule has 0 aliphatic carbocycles. The molecule has 4 unspecified atom stereocenters. The summed E-state index contributed by atoms with van der Waals surface area (Å²) in [6.45, 7) is -0.361. The van der Waals surface area contributed by atoms with E-state index < -0.39 is 40.0 Å². The molecule has 14 heteroatoms. The molecule has 2 aliphatic rings. The van der Waals surface area contributed by atoms with Crippen LogP contribution in [-0.2, 0) is 23.8 Å². The number of fused-ring (bicyclic) bond motifs is 1. The Labute approximate surface area is 149 Å². The maximum Gasteiger partial charge on any atom is 0.523 e. The van der Waals surface area contributed by atoms with Gasteiger partial charge in [0.05, 0.1) is 25.5 Å². The summed E-state index contributed by atoms with van der Waals surface area (Å²) in [6.07, 6.45) is -1.89. The lowest BCUT2D eigenvalue weighted by Gasteiger charge is -2.19. The van der Waals surface area contributed by atoms with Crippen molar-refractivity contribution in [2.45, 2.75) is 29.9 Å². The summed E-state index contributed by atoms with van der Waals surface area (Å²) in [6, 6.07) is -0.546. The molecule has 25 heavy (non-hydrogen) atoms. The quantitative estimate of drug-likeness (QED) is 0.442. The van der Waals surface area contributed by atoms with Gasteiger partial charge in [0.1, 0.15) is 29.2 Å². The Morgan fingerprint density at radius 1 is 1.24 bits per heavy atom. The minimum Gasteiger partial charge on any atom is -0.370 e. The van der Waals surface area contributed by atoms with E-state index in [1.807, 2.05) is 0 Å². The fourth-order valence-electron chi connectivity index (χ4n) is 2.51. The first-order valence-corrected chi connectivity index (χ1v) is 8.92. The molecule has 140 valence electrons. The van der Waals surface area contributed by atoms with Crippen LogP contribution in [0.25, 0.3) is 0 Å². The summed E-state index contributed by atoms with van der Waals surface area (Å²) >= 11 is 11.6. The molecule has 0 saturated carbocycles. The van der Waals surface area contributed by atoms with Crippen LogP contribution in [0.1, 0.15) is 0 Å². The maximum atomic E-state index is 12.4. The largest absolute Gasteiger partial charge is 0.523 e. The molecule has 0 aromatic carbocycles. The van der Waals surface area contributed by atoms with E-state index >= 15 is 0 Å². The van der Waals surface area contributed by atoms with Crippen LogP contribution in [0.4, 0.5) is 19.0 Å². The number of anilines is 1. The van der Waals surface area contributed by atoms with Crippen molar-refractivity contribution in [1.29, 1.82) is 0 Å². The highest BCUT2D eigenvalue weighted by Crippen LogP contribution is 2.35. The Balaban J connectivity index is 1.69. The van der Waals surface area contributed by atoms with E-state index in [0.29, 0.717) is 0 Å². The highest BCUT2D eigenvalue weighted by atomic mass is 35.5. The van der Waals surface area contributed by atoms with Gasteiger partial charge in [0.2, 0.25) is 5.28 Å². The van der Waals surface area contributed by atoms with Gasteiger partial charge in [-0.2, -0.15) is 26.6 Å². The summed E-state index contributed by atoms with van der Waals surface area (Å²) < 4.78 is 74.4. The molecule has 0 amide bonds. The Bertz CT molecular complexity index is 766.